The minimum absolute atomic E-state index is 0.0786. The topological polar surface area (TPSA) is 50.4 Å². The molecule has 28 heavy (non-hydrogen) atoms. The third kappa shape index (κ3) is 5.69. The maximum atomic E-state index is 11.9. The van der Waals surface area contributed by atoms with E-state index in [0.717, 1.165) is 0 Å². The predicted octanol–water partition coefficient (Wildman–Crippen LogP) is 5.82. The number of hydrogen-bond acceptors (Lipinski definition) is 3. The summed E-state index contributed by atoms with van der Waals surface area (Å²) in [5.41, 5.74) is 4.74. The van der Waals surface area contributed by atoms with Crippen LogP contribution >= 0.6 is 23.8 Å². The van der Waals surface area contributed by atoms with Crippen LogP contribution in [0.2, 0.25) is 5.02 Å². The van der Waals surface area contributed by atoms with Crippen molar-refractivity contribution in [2.75, 3.05) is 11.9 Å². The summed E-state index contributed by atoms with van der Waals surface area (Å²) in [6, 6.07) is 11.6. The minimum Gasteiger partial charge on any atom is -0.462 e. The smallest absolute Gasteiger partial charge is 0.339 e. The summed E-state index contributed by atoms with van der Waals surface area (Å²) in [4.78, 5) is 11.9. The summed E-state index contributed by atoms with van der Waals surface area (Å²) < 4.78 is 5.00. The molecule has 0 heterocycles. The number of carbonyl (C=O) groups is 1. The maximum Gasteiger partial charge on any atom is 0.339 e. The van der Waals surface area contributed by atoms with Crippen LogP contribution in [-0.4, -0.2) is 17.7 Å². The van der Waals surface area contributed by atoms with Gasteiger partial charge in [0.15, 0.2) is 5.11 Å². The highest BCUT2D eigenvalue weighted by atomic mass is 35.5. The molecule has 2 aromatic carbocycles. The summed E-state index contributed by atoms with van der Waals surface area (Å²) in [5, 5.41) is 7.37. The molecule has 1 atom stereocenters. The second-order valence-corrected chi connectivity index (χ2v) is 7.91. The molecule has 0 aliphatic heterocycles. The van der Waals surface area contributed by atoms with Crippen molar-refractivity contribution in [2.45, 2.75) is 40.7 Å². The molecular weight excluding hydrogens is 392 g/mol. The lowest BCUT2D eigenvalue weighted by Gasteiger charge is -2.26. The first-order valence-electron chi connectivity index (χ1n) is 9.34. The Kier molecular flexibility index (Phi) is 7.84. The van der Waals surface area contributed by atoms with E-state index in [1.807, 2.05) is 0 Å². The fourth-order valence-corrected chi connectivity index (χ4v) is 3.56. The van der Waals surface area contributed by atoms with E-state index in [2.05, 4.69) is 56.5 Å². The van der Waals surface area contributed by atoms with Gasteiger partial charge >= 0.3 is 5.97 Å². The summed E-state index contributed by atoms with van der Waals surface area (Å²) in [6.07, 6.45) is 0. The number of ether oxygens (including phenoxy) is 1. The lowest BCUT2D eigenvalue weighted by molar-refractivity contribution is 0.0526. The molecule has 2 aromatic rings. The van der Waals surface area contributed by atoms with Crippen LogP contribution in [0.4, 0.5) is 5.69 Å². The Morgan fingerprint density at radius 2 is 1.89 bits per heavy atom. The van der Waals surface area contributed by atoms with Crippen LogP contribution in [0.15, 0.2) is 36.4 Å². The number of aryl methyl sites for hydroxylation is 2. The summed E-state index contributed by atoms with van der Waals surface area (Å²) >= 11 is 11.7. The lowest BCUT2D eigenvalue weighted by atomic mass is 9.92. The van der Waals surface area contributed by atoms with Crippen LogP contribution in [0.5, 0.6) is 0 Å². The molecule has 2 N–H and O–H groups in total. The number of halogens is 1. The Morgan fingerprint density at radius 1 is 1.18 bits per heavy atom. The molecule has 6 heteroatoms. The summed E-state index contributed by atoms with van der Waals surface area (Å²) in [7, 11) is 0. The van der Waals surface area contributed by atoms with Gasteiger partial charge in [-0.3, -0.25) is 0 Å². The van der Waals surface area contributed by atoms with Crippen molar-refractivity contribution in [1.82, 2.24) is 5.32 Å². The molecule has 0 spiro atoms. The first kappa shape index (κ1) is 22.2. The zero-order chi connectivity index (χ0) is 20.8. The Bertz CT molecular complexity index is 868. The minimum atomic E-state index is -0.436. The summed E-state index contributed by atoms with van der Waals surface area (Å²) in [6.45, 7) is 10.6. The zero-order valence-electron chi connectivity index (χ0n) is 16.9. The van der Waals surface area contributed by atoms with Crippen molar-refractivity contribution < 1.29 is 9.53 Å². The number of carbonyl (C=O) groups excluding carboxylic acids is 1. The third-order valence-electron chi connectivity index (χ3n) is 4.44. The molecule has 0 unspecified atom stereocenters. The van der Waals surface area contributed by atoms with Gasteiger partial charge in [-0.05, 0) is 68.2 Å². The number of benzene rings is 2. The van der Waals surface area contributed by atoms with E-state index in [1.165, 1.54) is 16.7 Å². The normalized spacial score (nSPS) is 11.8. The number of anilines is 1. The van der Waals surface area contributed by atoms with Gasteiger partial charge in [-0.15, -0.1) is 0 Å². The van der Waals surface area contributed by atoms with Gasteiger partial charge in [-0.25, -0.2) is 4.79 Å². The van der Waals surface area contributed by atoms with Crippen LogP contribution in [0, 0.1) is 19.8 Å². The second kappa shape index (κ2) is 9.89. The molecule has 0 saturated carbocycles. The van der Waals surface area contributed by atoms with Gasteiger partial charge in [0.2, 0.25) is 0 Å². The van der Waals surface area contributed by atoms with Crippen LogP contribution in [-0.2, 0) is 4.74 Å². The van der Waals surface area contributed by atoms with Crippen molar-refractivity contribution in [3.8, 4) is 0 Å². The predicted molar refractivity (Wildman–Crippen MR) is 120 cm³/mol. The Balaban J connectivity index is 2.13. The highest BCUT2D eigenvalue weighted by Crippen LogP contribution is 2.26. The molecule has 0 aliphatic rings. The third-order valence-corrected chi connectivity index (χ3v) is 4.97. The van der Waals surface area contributed by atoms with Crippen molar-refractivity contribution in [2.24, 2.45) is 5.92 Å². The number of nitrogens with one attached hydrogen (secondary N) is 2. The number of thiocarbonyl (C=S) groups is 1. The molecular formula is C22H27ClN2O2S. The van der Waals surface area contributed by atoms with Crippen molar-refractivity contribution in [3.63, 3.8) is 0 Å². The van der Waals surface area contributed by atoms with Gasteiger partial charge in [0.1, 0.15) is 0 Å². The quantitative estimate of drug-likeness (QED) is 0.457. The second-order valence-electron chi connectivity index (χ2n) is 7.10. The van der Waals surface area contributed by atoms with E-state index < -0.39 is 5.97 Å². The summed E-state index contributed by atoms with van der Waals surface area (Å²) in [5.74, 6) is -0.0922. The molecule has 0 amide bonds. The van der Waals surface area contributed by atoms with Gasteiger partial charge in [0, 0.05) is 5.69 Å². The molecule has 0 bridgehead atoms. The molecule has 0 aliphatic carbocycles. The maximum absolute atomic E-state index is 11.9. The van der Waals surface area contributed by atoms with Crippen molar-refractivity contribution in [3.05, 3.63) is 63.7 Å². The molecule has 0 aromatic heterocycles. The standard InChI is InChI=1S/C22H27ClN2O2S/c1-6-27-21(26)18-10-8-16(12-19(18)23)24-22(28)25-20(13(2)3)17-9-7-14(4)11-15(17)5/h7-13,20H,6H2,1-5H3,(H2,24,25,28)/t20-/m1/s1. The highest BCUT2D eigenvalue weighted by Gasteiger charge is 2.19. The van der Waals surface area contributed by atoms with E-state index in [-0.39, 0.29) is 6.04 Å². The first-order chi connectivity index (χ1) is 13.2. The zero-order valence-corrected chi connectivity index (χ0v) is 18.5. The van der Waals surface area contributed by atoms with E-state index in [9.17, 15) is 4.79 Å². The van der Waals surface area contributed by atoms with Crippen LogP contribution < -0.4 is 10.6 Å². The van der Waals surface area contributed by atoms with E-state index in [1.54, 1.807) is 25.1 Å². The van der Waals surface area contributed by atoms with E-state index >= 15 is 0 Å². The fraction of sp³-hybridized carbons (Fsp3) is 0.364. The van der Waals surface area contributed by atoms with Crippen molar-refractivity contribution >= 4 is 40.6 Å². The Hall–Kier alpha value is -2.11. The number of rotatable bonds is 6. The van der Waals surface area contributed by atoms with Crippen LogP contribution in [0.25, 0.3) is 0 Å². The Morgan fingerprint density at radius 3 is 2.46 bits per heavy atom. The fourth-order valence-electron chi connectivity index (χ4n) is 3.05. The van der Waals surface area contributed by atoms with E-state index in [4.69, 9.17) is 28.6 Å². The van der Waals surface area contributed by atoms with Gasteiger partial charge in [-0.1, -0.05) is 49.2 Å². The Labute approximate surface area is 177 Å². The number of esters is 1. The van der Waals surface area contributed by atoms with Gasteiger partial charge < -0.3 is 15.4 Å². The molecule has 150 valence electrons. The highest BCUT2D eigenvalue weighted by molar-refractivity contribution is 7.80. The van der Waals surface area contributed by atoms with Crippen LogP contribution in [0.3, 0.4) is 0 Å². The molecule has 2 rings (SSSR count). The average molecular weight is 419 g/mol. The van der Waals surface area contributed by atoms with Gasteiger partial charge in [-0.2, -0.15) is 0 Å². The van der Waals surface area contributed by atoms with Crippen molar-refractivity contribution in [1.29, 1.82) is 0 Å². The first-order valence-corrected chi connectivity index (χ1v) is 10.1. The number of hydrogen-bond donors (Lipinski definition) is 2. The van der Waals surface area contributed by atoms with Crippen LogP contribution in [0.1, 0.15) is 53.9 Å². The molecule has 4 nitrogen and oxygen atoms in total. The molecule has 0 saturated heterocycles. The molecule has 0 fully saturated rings. The monoisotopic (exact) mass is 418 g/mol. The van der Waals surface area contributed by atoms with Gasteiger partial charge in [0.25, 0.3) is 0 Å². The van der Waals surface area contributed by atoms with Gasteiger partial charge in [0.05, 0.1) is 23.2 Å². The largest absolute Gasteiger partial charge is 0.462 e. The lowest BCUT2D eigenvalue weighted by Crippen LogP contribution is -2.35. The average Bonchev–Trinajstić information content (AvgIpc) is 2.60. The SMILES string of the molecule is CCOC(=O)c1ccc(NC(=S)N[C@@H](c2ccc(C)cc2C)C(C)C)cc1Cl. The van der Waals surface area contributed by atoms with E-state index in [0.29, 0.717) is 33.9 Å². The molecule has 0 radical (unpaired) electrons.